The van der Waals surface area contributed by atoms with Crippen LogP contribution in [0.2, 0.25) is 0 Å². The summed E-state index contributed by atoms with van der Waals surface area (Å²) in [6, 6.07) is 0. The molecule has 0 rings (SSSR count). The van der Waals surface area contributed by atoms with Gasteiger partial charge in [0, 0.05) is 0 Å². The van der Waals surface area contributed by atoms with Gasteiger partial charge in [0.25, 0.3) is 0 Å². The van der Waals surface area contributed by atoms with Gasteiger partial charge in [-0.2, -0.15) is 0 Å². The van der Waals surface area contributed by atoms with Gasteiger partial charge in [-0.3, -0.25) is 0 Å². The summed E-state index contributed by atoms with van der Waals surface area (Å²) in [5, 5.41) is 0. The van der Waals surface area contributed by atoms with Gasteiger partial charge in [0.05, 0.1) is 0 Å². The van der Waals surface area contributed by atoms with Gasteiger partial charge in [-0.15, -0.1) is 0 Å². The fourth-order valence-electron chi connectivity index (χ4n) is 2.20. The van der Waals surface area contributed by atoms with Crippen LogP contribution >= 0.6 is 0 Å². The van der Waals surface area contributed by atoms with Gasteiger partial charge in [-0.25, -0.2) is 0 Å². The summed E-state index contributed by atoms with van der Waals surface area (Å²) in [4.78, 5) is 0. The molecular formula is C14H30. The van der Waals surface area contributed by atoms with Crippen molar-refractivity contribution in [3.05, 3.63) is 0 Å². The molecule has 2 atom stereocenters. The third kappa shape index (κ3) is 6.45. The Bertz CT molecular complexity index is 129. The van der Waals surface area contributed by atoms with Crippen molar-refractivity contribution in [3.8, 4) is 0 Å². The van der Waals surface area contributed by atoms with Crippen molar-refractivity contribution in [2.45, 2.75) is 73.6 Å². The van der Waals surface area contributed by atoms with E-state index in [1.807, 2.05) is 0 Å². The molecule has 0 aliphatic carbocycles. The molecule has 2 unspecified atom stereocenters. The summed E-state index contributed by atoms with van der Waals surface area (Å²) < 4.78 is 0. The van der Waals surface area contributed by atoms with Crippen LogP contribution in [0.3, 0.4) is 0 Å². The fourth-order valence-corrected chi connectivity index (χ4v) is 2.20. The Kier molecular flexibility index (Phi) is 6.48. The lowest BCUT2D eigenvalue weighted by atomic mass is 9.80. The second-order valence-corrected chi connectivity index (χ2v) is 6.03. The van der Waals surface area contributed by atoms with E-state index in [0.717, 1.165) is 11.8 Å². The first-order valence-electron chi connectivity index (χ1n) is 6.40. The Morgan fingerprint density at radius 2 is 1.57 bits per heavy atom. The minimum absolute atomic E-state index is 0.513. The van der Waals surface area contributed by atoms with E-state index in [4.69, 9.17) is 0 Å². The van der Waals surface area contributed by atoms with Crippen LogP contribution in [-0.2, 0) is 0 Å². The van der Waals surface area contributed by atoms with Crippen molar-refractivity contribution in [2.24, 2.45) is 17.3 Å². The Morgan fingerprint density at radius 1 is 1.00 bits per heavy atom. The van der Waals surface area contributed by atoms with Gasteiger partial charge in [-0.05, 0) is 30.1 Å². The lowest BCUT2D eigenvalue weighted by Crippen LogP contribution is -2.14. The average molecular weight is 198 g/mol. The second-order valence-electron chi connectivity index (χ2n) is 6.03. The van der Waals surface area contributed by atoms with E-state index in [0.29, 0.717) is 5.41 Å². The van der Waals surface area contributed by atoms with E-state index in [-0.39, 0.29) is 0 Å². The maximum Gasteiger partial charge on any atom is -0.0383 e. The molecule has 0 aliphatic heterocycles. The van der Waals surface area contributed by atoms with Gasteiger partial charge in [0.15, 0.2) is 0 Å². The Morgan fingerprint density at radius 3 is 1.93 bits per heavy atom. The first-order chi connectivity index (χ1) is 6.40. The predicted octanol–water partition coefficient (Wildman–Crippen LogP) is 5.28. The maximum absolute atomic E-state index is 2.43. The molecule has 0 saturated carbocycles. The molecule has 0 heteroatoms. The van der Waals surface area contributed by atoms with Crippen LogP contribution in [0.5, 0.6) is 0 Å². The third-order valence-corrected chi connectivity index (χ3v) is 3.34. The Balaban J connectivity index is 3.90. The highest BCUT2D eigenvalue weighted by Gasteiger charge is 2.18. The maximum atomic E-state index is 2.43. The van der Waals surface area contributed by atoms with E-state index in [9.17, 15) is 0 Å². The van der Waals surface area contributed by atoms with Gasteiger partial charge in [0.1, 0.15) is 0 Å². The summed E-state index contributed by atoms with van der Waals surface area (Å²) in [5.41, 5.74) is 0.513. The topological polar surface area (TPSA) is 0 Å². The van der Waals surface area contributed by atoms with Crippen LogP contribution in [0.25, 0.3) is 0 Å². The summed E-state index contributed by atoms with van der Waals surface area (Å²) in [7, 11) is 0. The lowest BCUT2D eigenvalue weighted by Gasteiger charge is -2.26. The molecule has 0 aromatic carbocycles. The summed E-state index contributed by atoms with van der Waals surface area (Å²) in [6.45, 7) is 14.1. The SMILES string of the molecule is CCCC(C)C(CC)CCC(C)(C)C. The zero-order valence-electron chi connectivity index (χ0n) is 11.2. The molecule has 0 fully saturated rings. The molecule has 0 radical (unpaired) electrons. The third-order valence-electron chi connectivity index (χ3n) is 3.34. The van der Waals surface area contributed by atoms with Crippen LogP contribution in [0.15, 0.2) is 0 Å². The van der Waals surface area contributed by atoms with Gasteiger partial charge in [-0.1, -0.05) is 60.8 Å². The van der Waals surface area contributed by atoms with E-state index in [1.54, 1.807) is 0 Å². The fraction of sp³-hybridized carbons (Fsp3) is 1.00. The second kappa shape index (κ2) is 6.48. The first kappa shape index (κ1) is 14.0. The van der Waals surface area contributed by atoms with Crippen molar-refractivity contribution in [3.63, 3.8) is 0 Å². The highest BCUT2D eigenvalue weighted by Crippen LogP contribution is 2.30. The molecular weight excluding hydrogens is 168 g/mol. The van der Waals surface area contributed by atoms with Crippen LogP contribution in [-0.4, -0.2) is 0 Å². The molecule has 14 heavy (non-hydrogen) atoms. The highest BCUT2D eigenvalue weighted by atomic mass is 14.2. The van der Waals surface area contributed by atoms with Crippen molar-refractivity contribution in [2.75, 3.05) is 0 Å². The number of hydrogen-bond donors (Lipinski definition) is 0. The van der Waals surface area contributed by atoms with Crippen LogP contribution < -0.4 is 0 Å². The zero-order chi connectivity index (χ0) is 11.2. The van der Waals surface area contributed by atoms with E-state index >= 15 is 0 Å². The van der Waals surface area contributed by atoms with Crippen LogP contribution in [0.4, 0.5) is 0 Å². The lowest BCUT2D eigenvalue weighted by molar-refractivity contribution is 0.253. The quantitative estimate of drug-likeness (QED) is 0.545. The smallest absolute Gasteiger partial charge is 0.0383 e. The number of rotatable bonds is 6. The zero-order valence-corrected chi connectivity index (χ0v) is 11.2. The van der Waals surface area contributed by atoms with E-state index < -0.39 is 0 Å². The van der Waals surface area contributed by atoms with Gasteiger partial charge in [0.2, 0.25) is 0 Å². The predicted molar refractivity (Wildman–Crippen MR) is 66.5 cm³/mol. The molecule has 0 aromatic heterocycles. The Hall–Kier alpha value is 0. The molecule has 0 spiro atoms. The molecule has 0 N–H and O–H groups in total. The molecule has 0 aliphatic rings. The van der Waals surface area contributed by atoms with Crippen LogP contribution in [0.1, 0.15) is 73.6 Å². The van der Waals surface area contributed by atoms with E-state index in [1.165, 1.54) is 32.1 Å². The van der Waals surface area contributed by atoms with E-state index in [2.05, 4.69) is 41.5 Å². The monoisotopic (exact) mass is 198 g/mol. The van der Waals surface area contributed by atoms with Crippen molar-refractivity contribution >= 4 is 0 Å². The Labute approximate surface area is 91.5 Å². The molecule has 0 saturated heterocycles. The van der Waals surface area contributed by atoms with Gasteiger partial charge < -0.3 is 0 Å². The molecule has 86 valence electrons. The number of hydrogen-bond acceptors (Lipinski definition) is 0. The minimum atomic E-state index is 0.513. The highest BCUT2D eigenvalue weighted by molar-refractivity contribution is 4.69. The summed E-state index contributed by atoms with van der Waals surface area (Å²) in [5.74, 6) is 1.88. The molecule has 0 bridgehead atoms. The normalized spacial score (nSPS) is 16.7. The largest absolute Gasteiger partial charge is 0.0654 e. The van der Waals surface area contributed by atoms with Crippen LogP contribution in [0, 0.1) is 17.3 Å². The van der Waals surface area contributed by atoms with Crippen molar-refractivity contribution in [1.29, 1.82) is 0 Å². The summed E-state index contributed by atoms with van der Waals surface area (Å²) >= 11 is 0. The standard InChI is InChI=1S/C14H30/c1-7-9-12(3)13(8-2)10-11-14(4,5)6/h12-13H,7-11H2,1-6H3. The molecule has 0 aromatic rings. The molecule has 0 nitrogen and oxygen atoms in total. The first-order valence-corrected chi connectivity index (χ1v) is 6.40. The molecule has 0 heterocycles. The minimum Gasteiger partial charge on any atom is -0.0654 e. The average Bonchev–Trinajstić information content (AvgIpc) is 2.03. The van der Waals surface area contributed by atoms with Crippen molar-refractivity contribution < 1.29 is 0 Å². The summed E-state index contributed by atoms with van der Waals surface area (Å²) in [6.07, 6.45) is 6.90. The molecule has 0 amide bonds. The van der Waals surface area contributed by atoms with Gasteiger partial charge >= 0.3 is 0 Å². The van der Waals surface area contributed by atoms with Crippen molar-refractivity contribution in [1.82, 2.24) is 0 Å².